The van der Waals surface area contributed by atoms with Gasteiger partial charge < -0.3 is 19.1 Å². The van der Waals surface area contributed by atoms with Gasteiger partial charge in [-0.3, -0.25) is 14.4 Å². The Morgan fingerprint density at radius 3 is 1.11 bits per heavy atom. The van der Waals surface area contributed by atoms with Crippen molar-refractivity contribution in [2.45, 2.75) is 268 Å². The zero-order valence-corrected chi connectivity index (χ0v) is 45.9. The summed E-state index contributed by atoms with van der Waals surface area (Å²) in [4.78, 5) is 39.7. The van der Waals surface area contributed by atoms with E-state index in [-0.39, 0.29) is 24.0 Å². The fourth-order valence-corrected chi connectivity index (χ4v) is 9.00. The molecule has 0 aliphatic carbocycles. The number of allylic oxidation sites excluding steroid dienone is 2. The normalized spacial score (nSPS) is 14.7. The van der Waals surface area contributed by atoms with Crippen LogP contribution in [0.3, 0.4) is 0 Å². The maximum absolute atomic E-state index is 12.7. The molecule has 7 nitrogen and oxygen atoms in total. The summed E-state index contributed by atoms with van der Waals surface area (Å²) >= 11 is 0. The Morgan fingerprint density at radius 2 is 0.742 bits per heavy atom. The largest absolute Gasteiger partial charge is 0.462 e. The third kappa shape index (κ3) is 44.4. The third-order valence-electron chi connectivity index (χ3n) is 13.7. The van der Waals surface area contributed by atoms with E-state index in [0.29, 0.717) is 32.5 Å². The molecular weight excluding hydrogens is 819 g/mol. The predicted molar refractivity (Wildman–Crippen MR) is 283 cm³/mol. The fraction of sp³-hybridized carbons (Fsp3) is 0.881. The van der Waals surface area contributed by atoms with Crippen LogP contribution in [0.15, 0.2) is 23.3 Å². The first-order valence-corrected chi connectivity index (χ1v) is 27.9. The van der Waals surface area contributed by atoms with Crippen LogP contribution in [0.1, 0.15) is 262 Å². The van der Waals surface area contributed by atoms with Crippen LogP contribution in [0, 0.1) is 35.5 Å². The highest BCUT2D eigenvalue weighted by atomic mass is 16.5. The van der Waals surface area contributed by atoms with Gasteiger partial charge in [0.05, 0.1) is 0 Å². The summed E-state index contributed by atoms with van der Waals surface area (Å²) in [5.74, 6) is 4.47. The molecule has 0 radical (unpaired) electrons. The van der Waals surface area contributed by atoms with Crippen LogP contribution in [0.25, 0.3) is 0 Å². The molecule has 0 saturated carbocycles. The second kappa shape index (κ2) is 42.9. The Bertz CT molecular complexity index is 1160. The van der Waals surface area contributed by atoms with Crippen molar-refractivity contribution in [3.63, 3.8) is 0 Å². The highest BCUT2D eigenvalue weighted by Crippen LogP contribution is 2.24. The van der Waals surface area contributed by atoms with Crippen molar-refractivity contribution in [1.29, 1.82) is 0 Å². The molecular formula is C59H111NO6. The summed E-state index contributed by atoms with van der Waals surface area (Å²) in [5.41, 5.74) is 2.61. The van der Waals surface area contributed by atoms with Gasteiger partial charge in [0.25, 0.3) is 0 Å². The SMILES string of the molecule is CC(=CCOC(=O)CCCCCC(CCCCCC(=O)OCC=C(C)CCCC(C)CCCC(C)CCCC(C)C)OC(=O)CCCN(C)C)CCCC(C)CCCC(C)CCCC(C)C. The minimum atomic E-state index is -0.140. The molecule has 0 aliphatic rings. The van der Waals surface area contributed by atoms with Crippen molar-refractivity contribution in [2.75, 3.05) is 33.9 Å². The van der Waals surface area contributed by atoms with Crippen LogP contribution in [0.5, 0.6) is 0 Å². The molecule has 0 aliphatic heterocycles. The lowest BCUT2D eigenvalue weighted by Gasteiger charge is -2.18. The standard InChI is InChI=1S/C59H111NO6/c1-48(2)26-19-28-50(5)30-21-32-52(7)34-23-36-54(9)43-46-64-57(61)40-17-13-15-38-56(66-59(63)42-25-45-60(11)12)39-16-14-18-41-58(62)65-47-44-55(10)37-24-35-53(8)33-22-31-51(6)29-20-27-49(3)4/h43-44,48-53,56H,13-42,45-47H2,1-12H3. The molecule has 0 saturated heterocycles. The lowest BCUT2D eigenvalue weighted by Crippen LogP contribution is -2.20. The Morgan fingerprint density at radius 1 is 0.394 bits per heavy atom. The number of ether oxygens (including phenoxy) is 3. The minimum absolute atomic E-state index is 0.134. The van der Waals surface area contributed by atoms with Crippen molar-refractivity contribution < 1.29 is 28.6 Å². The van der Waals surface area contributed by atoms with Gasteiger partial charge in [-0.15, -0.1) is 0 Å². The molecule has 4 atom stereocenters. The topological polar surface area (TPSA) is 82.1 Å². The first kappa shape index (κ1) is 63.8. The molecule has 0 spiro atoms. The average molecular weight is 931 g/mol. The van der Waals surface area contributed by atoms with Gasteiger partial charge in [-0.25, -0.2) is 0 Å². The van der Waals surface area contributed by atoms with E-state index < -0.39 is 0 Å². The van der Waals surface area contributed by atoms with Crippen LogP contribution in [0.4, 0.5) is 0 Å². The molecule has 0 rings (SSSR count). The molecule has 0 heterocycles. The molecule has 0 bridgehead atoms. The monoisotopic (exact) mass is 930 g/mol. The highest BCUT2D eigenvalue weighted by Gasteiger charge is 2.16. The van der Waals surface area contributed by atoms with Crippen LogP contribution in [0.2, 0.25) is 0 Å². The van der Waals surface area contributed by atoms with Gasteiger partial charge in [-0.2, -0.15) is 0 Å². The van der Waals surface area contributed by atoms with Crippen LogP contribution >= 0.6 is 0 Å². The number of nitrogens with zero attached hydrogens (tertiary/aromatic N) is 1. The van der Waals surface area contributed by atoms with E-state index in [9.17, 15) is 14.4 Å². The second-order valence-corrected chi connectivity index (χ2v) is 22.4. The van der Waals surface area contributed by atoms with Gasteiger partial charge in [0.2, 0.25) is 0 Å². The minimum Gasteiger partial charge on any atom is -0.462 e. The molecule has 0 amide bonds. The maximum atomic E-state index is 12.7. The molecule has 0 aromatic heterocycles. The number of hydrogen-bond acceptors (Lipinski definition) is 7. The van der Waals surface area contributed by atoms with Gasteiger partial charge >= 0.3 is 17.9 Å². The lowest BCUT2D eigenvalue weighted by molar-refractivity contribution is -0.150. The molecule has 0 fully saturated rings. The zero-order valence-electron chi connectivity index (χ0n) is 45.9. The van der Waals surface area contributed by atoms with E-state index in [0.717, 1.165) is 113 Å². The van der Waals surface area contributed by atoms with Crippen molar-refractivity contribution in [3.05, 3.63) is 23.3 Å². The van der Waals surface area contributed by atoms with Crippen molar-refractivity contribution >= 4 is 17.9 Å². The smallest absolute Gasteiger partial charge is 0.306 e. The average Bonchev–Trinajstić information content (AvgIpc) is 3.22. The molecule has 0 aromatic carbocycles. The molecule has 388 valence electrons. The Labute approximate surface area is 410 Å². The molecule has 4 unspecified atom stereocenters. The van der Waals surface area contributed by atoms with Crippen LogP contribution in [-0.4, -0.2) is 62.8 Å². The number of carbonyl (C=O) groups excluding carboxylic acids is 3. The summed E-state index contributed by atoms with van der Waals surface area (Å²) in [6, 6.07) is 0. The van der Waals surface area contributed by atoms with E-state index in [1.54, 1.807) is 0 Å². The van der Waals surface area contributed by atoms with Crippen LogP contribution < -0.4 is 0 Å². The van der Waals surface area contributed by atoms with E-state index in [1.807, 2.05) is 14.1 Å². The zero-order chi connectivity index (χ0) is 49.4. The maximum Gasteiger partial charge on any atom is 0.306 e. The summed E-state index contributed by atoms with van der Waals surface area (Å²) in [5, 5.41) is 0. The van der Waals surface area contributed by atoms with Crippen LogP contribution in [-0.2, 0) is 28.6 Å². The van der Waals surface area contributed by atoms with Crippen molar-refractivity contribution in [3.8, 4) is 0 Å². The summed E-state index contributed by atoms with van der Waals surface area (Å²) < 4.78 is 17.0. The predicted octanol–water partition coefficient (Wildman–Crippen LogP) is 17.0. The highest BCUT2D eigenvalue weighted by molar-refractivity contribution is 5.70. The third-order valence-corrected chi connectivity index (χ3v) is 13.7. The van der Waals surface area contributed by atoms with E-state index >= 15 is 0 Å². The first-order chi connectivity index (χ1) is 31.5. The molecule has 66 heavy (non-hydrogen) atoms. The number of unbranched alkanes of at least 4 members (excludes halogenated alkanes) is 4. The number of esters is 3. The van der Waals surface area contributed by atoms with Crippen molar-refractivity contribution in [1.82, 2.24) is 4.90 Å². The van der Waals surface area contributed by atoms with Gasteiger partial charge in [-0.1, -0.05) is 169 Å². The Balaban J connectivity index is 4.35. The molecule has 0 aromatic rings. The van der Waals surface area contributed by atoms with Gasteiger partial charge in [-0.05, 0) is 153 Å². The molecule has 0 N–H and O–H groups in total. The van der Waals surface area contributed by atoms with E-state index in [2.05, 4.69) is 86.3 Å². The molecule has 7 heteroatoms. The Kier molecular flexibility index (Phi) is 41.5. The van der Waals surface area contributed by atoms with Crippen molar-refractivity contribution in [2.24, 2.45) is 35.5 Å². The summed E-state index contributed by atoms with van der Waals surface area (Å²) in [6.45, 7) is 24.8. The number of hydrogen-bond donors (Lipinski definition) is 0. The van der Waals surface area contributed by atoms with Gasteiger partial charge in [0.1, 0.15) is 19.3 Å². The number of carbonyl (C=O) groups is 3. The number of rotatable bonds is 45. The second-order valence-electron chi connectivity index (χ2n) is 22.4. The van der Waals surface area contributed by atoms with Gasteiger partial charge in [0, 0.05) is 19.3 Å². The summed E-state index contributed by atoms with van der Waals surface area (Å²) in [6.07, 6.45) is 36.1. The quantitative estimate of drug-likeness (QED) is 0.0260. The fourth-order valence-electron chi connectivity index (χ4n) is 9.00. The first-order valence-electron chi connectivity index (χ1n) is 27.9. The summed E-state index contributed by atoms with van der Waals surface area (Å²) in [7, 11) is 4.02. The van der Waals surface area contributed by atoms with Gasteiger partial charge in [0.15, 0.2) is 0 Å². The van der Waals surface area contributed by atoms with E-state index in [4.69, 9.17) is 14.2 Å². The van der Waals surface area contributed by atoms with E-state index in [1.165, 1.54) is 114 Å². The Hall–Kier alpha value is -2.15. The lowest BCUT2D eigenvalue weighted by atomic mass is 9.91.